The highest BCUT2D eigenvalue weighted by molar-refractivity contribution is 7.17. The Kier molecular flexibility index (Phi) is 3.92. The third-order valence-corrected chi connectivity index (χ3v) is 4.99. The zero-order valence-corrected chi connectivity index (χ0v) is 14.2. The maximum absolute atomic E-state index is 12.6. The fourth-order valence-corrected chi connectivity index (χ4v) is 3.80. The Hall–Kier alpha value is -2.43. The van der Waals surface area contributed by atoms with Gasteiger partial charge in [-0.05, 0) is 23.3 Å². The predicted octanol–water partition coefficient (Wildman–Crippen LogP) is 4.90. The average molecular weight is 353 g/mol. The van der Waals surface area contributed by atoms with Crippen molar-refractivity contribution in [3.63, 3.8) is 0 Å². The lowest BCUT2D eigenvalue weighted by Gasteiger charge is -2.03. The number of nitrogens with zero attached hydrogens (tertiary/aromatic N) is 1. The number of halogens is 1. The summed E-state index contributed by atoms with van der Waals surface area (Å²) in [5, 5.41) is 3.35. The van der Waals surface area contributed by atoms with Crippen molar-refractivity contribution in [2.45, 2.75) is 6.42 Å². The molecule has 0 amide bonds. The molecule has 0 bridgehead atoms. The van der Waals surface area contributed by atoms with Crippen LogP contribution in [0.1, 0.15) is 11.4 Å². The van der Waals surface area contributed by atoms with Gasteiger partial charge in [0.05, 0.1) is 5.39 Å². The molecule has 2 aromatic carbocycles. The summed E-state index contributed by atoms with van der Waals surface area (Å²) in [6.45, 7) is 0. The number of hydrogen-bond donors (Lipinski definition) is 1. The summed E-state index contributed by atoms with van der Waals surface area (Å²) in [4.78, 5) is 20.9. The van der Waals surface area contributed by atoms with Crippen LogP contribution >= 0.6 is 22.9 Å². The number of fused-ring (bicyclic) bond motifs is 1. The van der Waals surface area contributed by atoms with Gasteiger partial charge < -0.3 is 4.98 Å². The molecule has 0 unspecified atom stereocenters. The van der Waals surface area contributed by atoms with Gasteiger partial charge in [-0.2, -0.15) is 0 Å². The van der Waals surface area contributed by atoms with Crippen LogP contribution < -0.4 is 5.56 Å². The van der Waals surface area contributed by atoms with E-state index in [0.717, 1.165) is 21.5 Å². The summed E-state index contributed by atoms with van der Waals surface area (Å²) in [6.07, 6.45) is 0.570. The lowest BCUT2D eigenvalue weighted by molar-refractivity contribution is 0.977. The van der Waals surface area contributed by atoms with Gasteiger partial charge in [-0.25, -0.2) is 4.98 Å². The molecule has 118 valence electrons. The zero-order valence-electron chi connectivity index (χ0n) is 12.6. The van der Waals surface area contributed by atoms with Crippen molar-refractivity contribution >= 4 is 33.2 Å². The SMILES string of the molecule is O=c1[nH]c(Cc2ccc(Cl)cc2)nc2scc(-c3ccccc3)c12. The summed E-state index contributed by atoms with van der Waals surface area (Å²) in [6, 6.07) is 17.5. The van der Waals surface area contributed by atoms with Crippen LogP contribution in [0.4, 0.5) is 0 Å². The lowest BCUT2D eigenvalue weighted by Crippen LogP contribution is -2.11. The van der Waals surface area contributed by atoms with E-state index in [2.05, 4.69) is 9.97 Å². The van der Waals surface area contributed by atoms with E-state index < -0.39 is 0 Å². The highest BCUT2D eigenvalue weighted by atomic mass is 35.5. The number of aromatic nitrogens is 2. The van der Waals surface area contributed by atoms with E-state index in [1.807, 2.05) is 60.0 Å². The molecule has 4 aromatic rings. The number of H-pyrrole nitrogens is 1. The van der Waals surface area contributed by atoms with Crippen LogP contribution in [0.25, 0.3) is 21.3 Å². The largest absolute Gasteiger partial charge is 0.310 e. The summed E-state index contributed by atoms with van der Waals surface area (Å²) in [5.74, 6) is 0.663. The molecule has 0 atom stereocenters. The molecule has 3 nitrogen and oxygen atoms in total. The Labute approximate surface area is 147 Å². The molecule has 2 heterocycles. The molecular formula is C19H13ClN2OS. The summed E-state index contributed by atoms with van der Waals surface area (Å²) in [5.41, 5.74) is 2.93. The van der Waals surface area contributed by atoms with Crippen molar-refractivity contribution in [3.05, 3.63) is 86.7 Å². The molecule has 0 saturated carbocycles. The normalized spacial score (nSPS) is 11.0. The van der Waals surface area contributed by atoms with Crippen LogP contribution in [-0.4, -0.2) is 9.97 Å². The first kappa shape index (κ1) is 15.1. The first-order valence-electron chi connectivity index (χ1n) is 7.51. The van der Waals surface area contributed by atoms with Crippen LogP contribution in [-0.2, 0) is 6.42 Å². The quantitative estimate of drug-likeness (QED) is 0.570. The number of hydrogen-bond acceptors (Lipinski definition) is 3. The van der Waals surface area contributed by atoms with Crippen LogP contribution in [0.3, 0.4) is 0 Å². The van der Waals surface area contributed by atoms with Crippen LogP contribution in [0, 0.1) is 0 Å². The van der Waals surface area contributed by atoms with Crippen LogP contribution in [0.5, 0.6) is 0 Å². The second kappa shape index (κ2) is 6.23. The number of rotatable bonds is 3. The number of benzene rings is 2. The van der Waals surface area contributed by atoms with Gasteiger partial charge in [-0.1, -0.05) is 54.1 Å². The predicted molar refractivity (Wildman–Crippen MR) is 99.9 cm³/mol. The summed E-state index contributed by atoms with van der Waals surface area (Å²) < 4.78 is 0. The minimum Gasteiger partial charge on any atom is -0.310 e. The van der Waals surface area contributed by atoms with Gasteiger partial charge in [0.1, 0.15) is 10.7 Å². The highest BCUT2D eigenvalue weighted by Gasteiger charge is 2.12. The van der Waals surface area contributed by atoms with E-state index in [4.69, 9.17) is 11.6 Å². The molecule has 2 aromatic heterocycles. The van der Waals surface area contributed by atoms with Gasteiger partial charge in [0.25, 0.3) is 5.56 Å². The minimum absolute atomic E-state index is 0.0935. The molecule has 0 radical (unpaired) electrons. The van der Waals surface area contributed by atoms with Gasteiger partial charge in [0.15, 0.2) is 0 Å². The van der Waals surface area contributed by atoms with Crippen molar-refractivity contribution in [1.29, 1.82) is 0 Å². The number of aromatic amines is 1. The van der Waals surface area contributed by atoms with Gasteiger partial charge in [0, 0.05) is 22.4 Å². The van der Waals surface area contributed by atoms with Gasteiger partial charge in [-0.3, -0.25) is 4.79 Å². The summed E-state index contributed by atoms with van der Waals surface area (Å²) in [7, 11) is 0. The molecule has 0 fully saturated rings. The molecule has 5 heteroatoms. The fourth-order valence-electron chi connectivity index (χ4n) is 2.70. The highest BCUT2D eigenvalue weighted by Crippen LogP contribution is 2.30. The molecule has 1 N–H and O–H groups in total. The van der Waals surface area contributed by atoms with E-state index >= 15 is 0 Å². The molecule has 0 spiro atoms. The Morgan fingerprint density at radius 2 is 1.79 bits per heavy atom. The van der Waals surface area contributed by atoms with Crippen molar-refractivity contribution in [2.24, 2.45) is 0 Å². The topological polar surface area (TPSA) is 45.8 Å². The van der Waals surface area contributed by atoms with Crippen molar-refractivity contribution in [2.75, 3.05) is 0 Å². The van der Waals surface area contributed by atoms with Crippen molar-refractivity contribution in [1.82, 2.24) is 9.97 Å². The van der Waals surface area contributed by atoms with E-state index in [1.165, 1.54) is 11.3 Å². The number of thiophene rings is 1. The van der Waals surface area contributed by atoms with Gasteiger partial charge >= 0.3 is 0 Å². The Bertz CT molecular complexity index is 1050. The Morgan fingerprint density at radius 1 is 1.04 bits per heavy atom. The molecule has 0 aliphatic heterocycles. The van der Waals surface area contributed by atoms with Crippen LogP contribution in [0.15, 0.2) is 64.8 Å². The Morgan fingerprint density at radius 3 is 2.54 bits per heavy atom. The van der Waals surface area contributed by atoms with Crippen LogP contribution in [0.2, 0.25) is 5.02 Å². The smallest absolute Gasteiger partial charge is 0.260 e. The third-order valence-electron chi connectivity index (χ3n) is 3.86. The Balaban J connectivity index is 1.76. The van der Waals surface area contributed by atoms with Gasteiger partial charge in [-0.15, -0.1) is 11.3 Å². The molecule has 0 saturated heterocycles. The second-order valence-electron chi connectivity index (χ2n) is 5.51. The lowest BCUT2D eigenvalue weighted by atomic mass is 10.1. The van der Waals surface area contributed by atoms with Gasteiger partial charge in [0.2, 0.25) is 0 Å². The molecule has 4 rings (SSSR count). The molecular weight excluding hydrogens is 340 g/mol. The van der Waals surface area contributed by atoms with Crippen molar-refractivity contribution in [3.8, 4) is 11.1 Å². The molecule has 0 aliphatic rings. The fraction of sp³-hybridized carbons (Fsp3) is 0.0526. The maximum atomic E-state index is 12.6. The molecule has 24 heavy (non-hydrogen) atoms. The maximum Gasteiger partial charge on any atom is 0.260 e. The molecule has 0 aliphatic carbocycles. The first-order valence-corrected chi connectivity index (χ1v) is 8.77. The monoisotopic (exact) mass is 352 g/mol. The minimum atomic E-state index is -0.0935. The first-order chi connectivity index (χ1) is 11.7. The average Bonchev–Trinajstić information content (AvgIpc) is 3.02. The number of nitrogens with one attached hydrogen (secondary N) is 1. The van der Waals surface area contributed by atoms with E-state index in [-0.39, 0.29) is 5.56 Å². The standard InChI is InChI=1S/C19H13ClN2OS/c20-14-8-6-12(7-9-14)10-16-21-18(23)17-15(11-24-19(17)22-16)13-4-2-1-3-5-13/h1-9,11H,10H2,(H,21,22,23). The van der Waals surface area contributed by atoms with E-state index in [9.17, 15) is 4.79 Å². The zero-order chi connectivity index (χ0) is 16.5. The summed E-state index contributed by atoms with van der Waals surface area (Å²) >= 11 is 7.41. The third kappa shape index (κ3) is 2.86. The van der Waals surface area contributed by atoms with Crippen molar-refractivity contribution < 1.29 is 0 Å². The second-order valence-corrected chi connectivity index (χ2v) is 6.81. The van der Waals surface area contributed by atoms with E-state index in [0.29, 0.717) is 22.7 Å². The van der Waals surface area contributed by atoms with E-state index in [1.54, 1.807) is 0 Å².